The zero-order valence-electron chi connectivity index (χ0n) is 18.6. The molecule has 2 rings (SSSR count). The molecule has 0 radical (unpaired) electrons. The van der Waals surface area contributed by atoms with Crippen molar-refractivity contribution in [2.75, 3.05) is 20.1 Å². The Hall–Kier alpha value is -3.19. The molecule has 7 heteroatoms. The summed E-state index contributed by atoms with van der Waals surface area (Å²) in [5.74, 6) is -0.819. The second-order valence-corrected chi connectivity index (χ2v) is 6.75. The van der Waals surface area contributed by atoms with Crippen molar-refractivity contribution >= 4 is 18.3 Å². The van der Waals surface area contributed by atoms with Gasteiger partial charge in [-0.2, -0.15) is 0 Å². The lowest BCUT2D eigenvalue weighted by atomic mass is 9.85. The summed E-state index contributed by atoms with van der Waals surface area (Å²) < 4.78 is 5.23. The summed E-state index contributed by atoms with van der Waals surface area (Å²) >= 11 is 0. The quantitative estimate of drug-likeness (QED) is 0.274. The van der Waals surface area contributed by atoms with Gasteiger partial charge in [-0.15, -0.1) is 0 Å². The molecule has 0 unspecified atom stereocenters. The van der Waals surface area contributed by atoms with E-state index in [9.17, 15) is 14.4 Å². The van der Waals surface area contributed by atoms with Crippen LogP contribution in [0.25, 0.3) is 0 Å². The summed E-state index contributed by atoms with van der Waals surface area (Å²) in [4.78, 5) is 37.8. The molecule has 0 aliphatic carbocycles. The van der Waals surface area contributed by atoms with Crippen molar-refractivity contribution in [3.63, 3.8) is 0 Å². The Morgan fingerprint density at radius 2 is 1.77 bits per heavy atom. The molecule has 1 fully saturated rings. The van der Waals surface area contributed by atoms with Crippen molar-refractivity contribution in [2.24, 2.45) is 0 Å². The van der Waals surface area contributed by atoms with Crippen molar-refractivity contribution in [2.45, 2.75) is 38.8 Å². The van der Waals surface area contributed by atoms with E-state index in [0.29, 0.717) is 38.0 Å². The number of hydrogen-bond acceptors (Lipinski definition) is 5. The Morgan fingerprint density at radius 3 is 2.32 bits per heavy atom. The number of likely N-dealkylation sites (N-methyl/N-ethyl adjacent to an activating group) is 1. The molecule has 1 aromatic carbocycles. The Bertz CT molecular complexity index is 796. The van der Waals surface area contributed by atoms with Crippen molar-refractivity contribution in [1.82, 2.24) is 15.5 Å². The number of allylic oxidation sites excluding steroid dienone is 1. The average Bonchev–Trinajstić information content (AvgIpc) is 2.83. The Morgan fingerprint density at radius 1 is 1.16 bits per heavy atom. The monoisotopic (exact) mass is 427 g/mol. The number of esters is 1. The van der Waals surface area contributed by atoms with Crippen LogP contribution in [0.4, 0.5) is 0 Å². The fourth-order valence-electron chi connectivity index (χ4n) is 3.25. The number of amides is 2. The van der Waals surface area contributed by atoms with Crippen LogP contribution in [0.5, 0.6) is 0 Å². The molecule has 2 N–H and O–H groups in total. The first-order valence-electron chi connectivity index (χ1n) is 10.4. The van der Waals surface area contributed by atoms with Crippen LogP contribution in [0.15, 0.2) is 66.9 Å². The third kappa shape index (κ3) is 6.93. The summed E-state index contributed by atoms with van der Waals surface area (Å²) in [5, 5.41) is 5.82. The van der Waals surface area contributed by atoms with Gasteiger partial charge in [-0.25, -0.2) is 4.79 Å². The fourth-order valence-corrected chi connectivity index (χ4v) is 3.25. The van der Waals surface area contributed by atoms with Crippen LogP contribution in [-0.4, -0.2) is 48.9 Å². The number of piperidine rings is 1. The molecule has 168 valence electrons. The van der Waals surface area contributed by atoms with E-state index in [-0.39, 0.29) is 18.1 Å². The molecule has 0 aromatic heterocycles. The highest BCUT2D eigenvalue weighted by molar-refractivity contribution is 5.91. The van der Waals surface area contributed by atoms with E-state index in [1.54, 1.807) is 0 Å². The van der Waals surface area contributed by atoms with Gasteiger partial charge in [0.1, 0.15) is 12.1 Å². The molecule has 31 heavy (non-hydrogen) atoms. The first-order chi connectivity index (χ1) is 14.9. The summed E-state index contributed by atoms with van der Waals surface area (Å²) in [6.07, 6.45) is 4.44. The maximum Gasteiger partial charge on any atom is 0.337 e. The minimum absolute atomic E-state index is 0.118. The molecule has 1 aliphatic heterocycles. The van der Waals surface area contributed by atoms with Crippen LogP contribution in [0.3, 0.4) is 0 Å². The predicted octanol–water partition coefficient (Wildman–Crippen LogP) is 2.71. The van der Waals surface area contributed by atoms with Crippen LogP contribution >= 0.6 is 0 Å². The number of carbonyl (C=O) groups excluding carboxylic acids is 3. The predicted molar refractivity (Wildman–Crippen MR) is 122 cm³/mol. The highest BCUT2D eigenvalue weighted by Crippen LogP contribution is 2.29. The minimum atomic E-state index is -1.02. The van der Waals surface area contributed by atoms with E-state index in [4.69, 9.17) is 4.74 Å². The number of ether oxygens (including phenoxy) is 1. The van der Waals surface area contributed by atoms with Gasteiger partial charge in [0.15, 0.2) is 0 Å². The fraction of sp³-hybridized carbons (Fsp3) is 0.375. The molecule has 2 amide bonds. The summed E-state index contributed by atoms with van der Waals surface area (Å²) in [6, 6.07) is 9.31. The first kappa shape index (κ1) is 25.8. The average molecular weight is 428 g/mol. The molecular formula is C24H33N3O4. The van der Waals surface area contributed by atoms with E-state index in [1.165, 1.54) is 24.1 Å². The number of benzene rings is 1. The molecule has 0 atom stereocenters. The van der Waals surface area contributed by atoms with Crippen molar-refractivity contribution < 1.29 is 19.1 Å². The lowest BCUT2D eigenvalue weighted by Gasteiger charge is -2.43. The van der Waals surface area contributed by atoms with Crippen LogP contribution in [-0.2, 0) is 25.7 Å². The van der Waals surface area contributed by atoms with Gasteiger partial charge in [-0.3, -0.25) is 9.59 Å². The Kier molecular flexibility index (Phi) is 11.0. The zero-order chi connectivity index (χ0) is 23.3. The molecule has 0 saturated carbocycles. The largest absolute Gasteiger partial charge is 0.457 e. The molecular weight excluding hydrogens is 394 g/mol. The lowest BCUT2D eigenvalue weighted by molar-refractivity contribution is -0.140. The van der Waals surface area contributed by atoms with Gasteiger partial charge in [-0.05, 0) is 43.6 Å². The third-order valence-electron chi connectivity index (χ3n) is 4.91. The van der Waals surface area contributed by atoms with Gasteiger partial charge >= 0.3 is 5.97 Å². The molecule has 1 saturated heterocycles. The number of nitrogens with one attached hydrogen (secondary N) is 2. The third-order valence-corrected chi connectivity index (χ3v) is 4.91. The Balaban J connectivity index is 0.00000233. The SMILES string of the molecule is C=C(/C=C\C(=C)N(C=O)C1(C(=O)NC)CCNCC1)C(=O)OCc1ccccc1.CC. The van der Waals surface area contributed by atoms with Crippen molar-refractivity contribution in [3.05, 3.63) is 72.5 Å². The van der Waals surface area contributed by atoms with Crippen LogP contribution < -0.4 is 10.6 Å². The topological polar surface area (TPSA) is 87.7 Å². The first-order valence-corrected chi connectivity index (χ1v) is 10.4. The lowest BCUT2D eigenvalue weighted by Crippen LogP contribution is -2.61. The van der Waals surface area contributed by atoms with Gasteiger partial charge in [0.25, 0.3) is 0 Å². The Labute approximate surface area is 184 Å². The van der Waals surface area contributed by atoms with Crippen LogP contribution in [0.1, 0.15) is 32.3 Å². The van der Waals surface area contributed by atoms with Crippen LogP contribution in [0, 0.1) is 0 Å². The van der Waals surface area contributed by atoms with Crippen LogP contribution in [0.2, 0.25) is 0 Å². The number of carbonyl (C=O) groups is 3. The van der Waals surface area contributed by atoms with Gasteiger partial charge < -0.3 is 20.3 Å². The highest BCUT2D eigenvalue weighted by Gasteiger charge is 2.44. The van der Waals surface area contributed by atoms with Gasteiger partial charge in [-0.1, -0.05) is 57.3 Å². The maximum absolute atomic E-state index is 12.6. The second kappa shape index (κ2) is 13.2. The van der Waals surface area contributed by atoms with E-state index < -0.39 is 11.5 Å². The van der Waals surface area contributed by atoms with Gasteiger partial charge in [0, 0.05) is 12.7 Å². The minimum Gasteiger partial charge on any atom is -0.457 e. The highest BCUT2D eigenvalue weighted by atomic mass is 16.5. The molecule has 0 spiro atoms. The number of rotatable bonds is 9. The number of nitrogens with zero attached hydrogens (tertiary/aromatic N) is 1. The van der Waals surface area contributed by atoms with Crippen molar-refractivity contribution in [3.8, 4) is 0 Å². The summed E-state index contributed by atoms with van der Waals surface area (Å²) in [6.45, 7) is 13.0. The van der Waals surface area contributed by atoms with E-state index in [0.717, 1.165) is 5.56 Å². The normalized spacial score (nSPS) is 14.5. The molecule has 0 bridgehead atoms. The standard InChI is InChI=1S/C22H27N3O4.C2H6/c1-17(20(27)29-15-19-7-5-4-6-8-19)9-10-18(2)25(16-26)22(21(28)23-3)11-13-24-14-12-22;1-2/h4-10,16,24H,1-2,11-15H2,3H3,(H,23,28);1-2H3/b10-9-;. The smallest absolute Gasteiger partial charge is 0.337 e. The molecule has 1 aromatic rings. The van der Waals surface area contributed by atoms with Gasteiger partial charge in [0.05, 0.1) is 5.57 Å². The van der Waals surface area contributed by atoms with Crippen molar-refractivity contribution in [1.29, 1.82) is 0 Å². The maximum atomic E-state index is 12.6. The molecule has 1 aliphatic rings. The molecule has 1 heterocycles. The van der Waals surface area contributed by atoms with E-state index >= 15 is 0 Å². The van der Waals surface area contributed by atoms with Gasteiger partial charge in [0.2, 0.25) is 12.3 Å². The zero-order valence-corrected chi connectivity index (χ0v) is 18.6. The van der Waals surface area contributed by atoms with E-state index in [1.807, 2.05) is 44.2 Å². The van der Waals surface area contributed by atoms with E-state index in [2.05, 4.69) is 23.8 Å². The summed E-state index contributed by atoms with van der Waals surface area (Å²) in [5.41, 5.74) is 0.264. The number of hydrogen-bond donors (Lipinski definition) is 2. The second-order valence-electron chi connectivity index (χ2n) is 6.75. The summed E-state index contributed by atoms with van der Waals surface area (Å²) in [7, 11) is 1.54. The molecule has 7 nitrogen and oxygen atoms in total.